The minimum absolute atomic E-state index is 0. The lowest BCUT2D eigenvalue weighted by atomic mass is 10.0. The van der Waals surface area contributed by atoms with Crippen molar-refractivity contribution in [3.8, 4) is 0 Å². The van der Waals surface area contributed by atoms with Gasteiger partial charge in [-0.1, -0.05) is 52.6 Å². The molecule has 0 saturated heterocycles. The van der Waals surface area contributed by atoms with E-state index in [9.17, 15) is 9.90 Å². The van der Waals surface area contributed by atoms with Gasteiger partial charge in [-0.25, -0.2) is 9.97 Å². The van der Waals surface area contributed by atoms with Crippen molar-refractivity contribution in [3.63, 3.8) is 0 Å². The summed E-state index contributed by atoms with van der Waals surface area (Å²) < 4.78 is 1.92. The Hall–Kier alpha value is -1.96. The number of aliphatic hydroxyl groups is 1. The Morgan fingerprint density at radius 2 is 2.00 bits per heavy atom. The SMILES string of the molecule is C.CCC(Cc1sccc1Cl)Nc1ccnc2c1ncn2C1CC(C(C)=O)C[C@H]1O.CCCC. The van der Waals surface area contributed by atoms with Gasteiger partial charge in [0.15, 0.2) is 5.65 Å². The van der Waals surface area contributed by atoms with Gasteiger partial charge < -0.3 is 15.0 Å². The van der Waals surface area contributed by atoms with Gasteiger partial charge in [0.2, 0.25) is 0 Å². The number of aromatic nitrogens is 3. The van der Waals surface area contributed by atoms with E-state index >= 15 is 0 Å². The molecule has 3 heterocycles. The van der Waals surface area contributed by atoms with Gasteiger partial charge >= 0.3 is 0 Å². The molecule has 4 rings (SSSR count). The second-order valence-electron chi connectivity index (χ2n) is 8.74. The fourth-order valence-corrected chi connectivity index (χ4v) is 5.32. The molecule has 0 aliphatic heterocycles. The van der Waals surface area contributed by atoms with Crippen molar-refractivity contribution in [1.29, 1.82) is 0 Å². The molecular formula is C26H39ClN4O2S. The Morgan fingerprint density at radius 3 is 2.56 bits per heavy atom. The highest BCUT2D eigenvalue weighted by molar-refractivity contribution is 7.10. The molecule has 1 fully saturated rings. The molecule has 0 radical (unpaired) electrons. The van der Waals surface area contributed by atoms with E-state index in [1.807, 2.05) is 22.1 Å². The molecule has 1 aliphatic rings. The molecular weight excluding hydrogens is 468 g/mol. The Kier molecular flexibility index (Phi) is 11.0. The van der Waals surface area contributed by atoms with Crippen LogP contribution in [0.15, 0.2) is 30.0 Å². The highest BCUT2D eigenvalue weighted by Crippen LogP contribution is 2.37. The number of thiophene rings is 1. The smallest absolute Gasteiger partial charge is 0.162 e. The number of aliphatic hydroxyl groups excluding tert-OH is 1. The number of anilines is 1. The number of carbonyl (C=O) groups is 1. The van der Waals surface area contributed by atoms with Crippen molar-refractivity contribution in [2.45, 2.75) is 91.8 Å². The summed E-state index contributed by atoms with van der Waals surface area (Å²) >= 11 is 7.94. The molecule has 4 atom stereocenters. The average Bonchev–Trinajstić information content (AvgIpc) is 3.52. The second kappa shape index (κ2) is 13.2. The molecule has 6 nitrogen and oxygen atoms in total. The first-order chi connectivity index (χ1) is 15.9. The van der Waals surface area contributed by atoms with Crippen molar-refractivity contribution in [1.82, 2.24) is 14.5 Å². The van der Waals surface area contributed by atoms with Gasteiger partial charge in [-0.3, -0.25) is 4.79 Å². The fourth-order valence-electron chi connectivity index (χ4n) is 4.13. The van der Waals surface area contributed by atoms with Crippen LogP contribution in [0.25, 0.3) is 11.2 Å². The molecule has 0 bridgehead atoms. The van der Waals surface area contributed by atoms with Crippen LogP contribution >= 0.6 is 22.9 Å². The van der Waals surface area contributed by atoms with Crippen LogP contribution in [0.4, 0.5) is 5.69 Å². The molecule has 0 spiro atoms. The third-order valence-corrected chi connectivity index (χ3v) is 7.77. The standard InChI is InChI=1S/C21H25ClN4O2S.C4H10.CH4/c1-3-14(10-19-15(22)5-7-29-19)25-16-4-6-23-21-20(16)24-11-26(21)17-8-13(12(2)27)9-18(17)28;1-3-4-2;/h4-7,11,13-14,17-18,28H,3,8-10H2,1-2H3,(H,23,25);3-4H2,1-2H3;1H4/t13?,14?,17?,18-;;/m1../s1. The predicted octanol–water partition coefficient (Wildman–Crippen LogP) is 6.92. The number of imidazole rings is 1. The summed E-state index contributed by atoms with van der Waals surface area (Å²) in [6, 6.07) is 3.91. The van der Waals surface area contributed by atoms with Crippen molar-refractivity contribution in [2.24, 2.45) is 5.92 Å². The maximum absolute atomic E-state index is 11.8. The fraction of sp³-hybridized carbons (Fsp3) is 0.577. The molecule has 0 amide bonds. The monoisotopic (exact) mass is 506 g/mol. The number of hydrogen-bond acceptors (Lipinski definition) is 6. The van der Waals surface area contributed by atoms with E-state index in [0.717, 1.165) is 34.7 Å². The average molecular weight is 507 g/mol. The summed E-state index contributed by atoms with van der Waals surface area (Å²) in [6.07, 6.45) is 8.48. The number of nitrogens with one attached hydrogen (secondary N) is 1. The van der Waals surface area contributed by atoms with E-state index in [1.54, 1.807) is 30.8 Å². The Morgan fingerprint density at radius 1 is 1.26 bits per heavy atom. The first-order valence-electron chi connectivity index (χ1n) is 11.9. The van der Waals surface area contributed by atoms with E-state index in [0.29, 0.717) is 12.8 Å². The van der Waals surface area contributed by atoms with Crippen molar-refractivity contribution < 1.29 is 9.90 Å². The number of nitrogens with zero attached hydrogens (tertiary/aromatic N) is 3. The van der Waals surface area contributed by atoms with Crippen LogP contribution in [-0.2, 0) is 11.2 Å². The lowest BCUT2D eigenvalue weighted by molar-refractivity contribution is -0.120. The Bertz CT molecular complexity index is 1050. The van der Waals surface area contributed by atoms with Crippen LogP contribution in [0.2, 0.25) is 5.02 Å². The zero-order chi connectivity index (χ0) is 24.0. The number of fused-ring (bicyclic) bond motifs is 1. The number of Topliss-reactive ketones (excluding diaryl/α,β-unsaturated/α-hetero) is 1. The van der Waals surface area contributed by atoms with Crippen molar-refractivity contribution >= 4 is 45.6 Å². The molecule has 0 aromatic carbocycles. The second-order valence-corrected chi connectivity index (χ2v) is 10.1. The quantitative estimate of drug-likeness (QED) is 0.346. The van der Waals surface area contributed by atoms with Gasteiger partial charge in [0.25, 0.3) is 0 Å². The summed E-state index contributed by atoms with van der Waals surface area (Å²) in [4.78, 5) is 22.0. The molecule has 3 aromatic heterocycles. The number of unbranched alkanes of at least 4 members (excludes halogenated alkanes) is 1. The van der Waals surface area contributed by atoms with Crippen molar-refractivity contribution in [3.05, 3.63) is 39.9 Å². The van der Waals surface area contributed by atoms with Crippen LogP contribution in [0.5, 0.6) is 0 Å². The Labute approximate surface area is 212 Å². The lowest BCUT2D eigenvalue weighted by Crippen LogP contribution is -2.21. The number of hydrogen-bond donors (Lipinski definition) is 2. The van der Waals surface area contributed by atoms with Crippen LogP contribution in [-0.4, -0.2) is 37.6 Å². The number of carbonyl (C=O) groups excluding carboxylic acids is 1. The topological polar surface area (TPSA) is 80.0 Å². The summed E-state index contributed by atoms with van der Waals surface area (Å²) in [5.41, 5.74) is 2.43. The van der Waals surface area contributed by atoms with Gasteiger partial charge in [0, 0.05) is 29.5 Å². The lowest BCUT2D eigenvalue weighted by Gasteiger charge is -2.19. The highest BCUT2D eigenvalue weighted by Gasteiger charge is 2.37. The number of halogens is 1. The van der Waals surface area contributed by atoms with Gasteiger partial charge in [-0.05, 0) is 43.7 Å². The summed E-state index contributed by atoms with van der Waals surface area (Å²) in [5, 5.41) is 16.9. The first kappa shape index (κ1) is 28.3. The third kappa shape index (κ3) is 6.58. The van der Waals surface area contributed by atoms with Crippen LogP contribution in [0.1, 0.15) is 78.1 Å². The number of pyridine rings is 1. The predicted molar refractivity (Wildman–Crippen MR) is 144 cm³/mol. The van der Waals surface area contributed by atoms with Gasteiger partial charge in [0.1, 0.15) is 11.3 Å². The van der Waals surface area contributed by atoms with Crippen LogP contribution < -0.4 is 5.32 Å². The minimum atomic E-state index is -0.566. The van der Waals surface area contributed by atoms with E-state index in [4.69, 9.17) is 11.6 Å². The first-order valence-corrected chi connectivity index (χ1v) is 13.1. The highest BCUT2D eigenvalue weighted by atomic mass is 35.5. The molecule has 34 heavy (non-hydrogen) atoms. The number of rotatable bonds is 8. The number of ketones is 1. The molecule has 1 aliphatic carbocycles. The molecule has 8 heteroatoms. The zero-order valence-electron chi connectivity index (χ0n) is 19.9. The molecule has 188 valence electrons. The zero-order valence-corrected chi connectivity index (χ0v) is 21.5. The summed E-state index contributed by atoms with van der Waals surface area (Å²) in [5.74, 6) is 0.0260. The molecule has 1 saturated carbocycles. The van der Waals surface area contributed by atoms with Crippen molar-refractivity contribution in [2.75, 3.05) is 5.32 Å². The normalized spacial score (nSPS) is 20.4. The summed E-state index contributed by atoms with van der Waals surface area (Å²) in [6.45, 7) is 8.10. The maximum Gasteiger partial charge on any atom is 0.162 e. The van der Waals surface area contributed by atoms with Gasteiger partial charge in [-0.15, -0.1) is 11.3 Å². The molecule has 2 N–H and O–H groups in total. The maximum atomic E-state index is 11.8. The largest absolute Gasteiger partial charge is 0.391 e. The minimum Gasteiger partial charge on any atom is -0.391 e. The van der Waals surface area contributed by atoms with Crippen LogP contribution in [0, 0.1) is 5.92 Å². The van der Waals surface area contributed by atoms with Gasteiger partial charge in [0.05, 0.1) is 29.2 Å². The molecule has 3 unspecified atom stereocenters. The summed E-state index contributed by atoms with van der Waals surface area (Å²) in [7, 11) is 0. The molecule has 3 aromatic rings. The third-order valence-electron chi connectivity index (χ3n) is 6.36. The van der Waals surface area contributed by atoms with Crippen LogP contribution in [0.3, 0.4) is 0 Å². The van der Waals surface area contributed by atoms with E-state index in [1.165, 1.54) is 17.7 Å². The van der Waals surface area contributed by atoms with E-state index in [2.05, 4.69) is 36.1 Å². The van der Waals surface area contributed by atoms with E-state index < -0.39 is 6.10 Å². The van der Waals surface area contributed by atoms with Gasteiger partial charge in [-0.2, -0.15) is 0 Å². The van der Waals surface area contributed by atoms with E-state index in [-0.39, 0.29) is 31.2 Å². The Balaban J connectivity index is 0.000000758.